The zero-order valence-corrected chi connectivity index (χ0v) is 11.9. The van der Waals surface area contributed by atoms with Gasteiger partial charge in [-0.05, 0) is 43.6 Å². The second kappa shape index (κ2) is 5.63. The van der Waals surface area contributed by atoms with Gasteiger partial charge in [-0.25, -0.2) is 0 Å². The van der Waals surface area contributed by atoms with Gasteiger partial charge in [0, 0.05) is 18.7 Å². The molecule has 4 heteroatoms. The molecular weight excluding hydrogens is 236 g/mol. The Labute approximate surface area is 115 Å². The average Bonchev–Trinajstić information content (AvgIpc) is 2.93. The van der Waals surface area contributed by atoms with Crippen LogP contribution in [0.5, 0.6) is 0 Å². The van der Waals surface area contributed by atoms with Crippen molar-refractivity contribution in [2.45, 2.75) is 64.0 Å². The van der Waals surface area contributed by atoms with Crippen LogP contribution in [-0.4, -0.2) is 15.8 Å². The molecule has 0 aromatic carbocycles. The van der Waals surface area contributed by atoms with Crippen molar-refractivity contribution in [3.05, 3.63) is 18.0 Å². The minimum Gasteiger partial charge on any atom is -0.271 e. The standard InChI is InChI=1S/C15H26N4/c1-11(12-6-7-12)15(17-16)10-13-8-9-19(18-13)14-4-2-3-5-14/h8-9,11-12,14-15,17H,2-7,10,16H2,1H3. The lowest BCUT2D eigenvalue weighted by Crippen LogP contribution is -2.42. The van der Waals surface area contributed by atoms with Crippen molar-refractivity contribution in [1.29, 1.82) is 0 Å². The van der Waals surface area contributed by atoms with Gasteiger partial charge in [-0.1, -0.05) is 19.8 Å². The molecule has 1 aromatic rings. The van der Waals surface area contributed by atoms with Gasteiger partial charge in [-0.3, -0.25) is 16.0 Å². The number of nitrogens with one attached hydrogen (secondary N) is 1. The van der Waals surface area contributed by atoms with Crippen LogP contribution in [0.4, 0.5) is 0 Å². The molecule has 0 saturated heterocycles. The van der Waals surface area contributed by atoms with E-state index < -0.39 is 0 Å². The molecule has 2 unspecified atom stereocenters. The molecule has 2 atom stereocenters. The summed E-state index contributed by atoms with van der Waals surface area (Å²) in [6.07, 6.45) is 11.1. The number of hydrazine groups is 1. The summed E-state index contributed by atoms with van der Waals surface area (Å²) in [5, 5.41) is 4.76. The molecule has 0 radical (unpaired) electrons. The van der Waals surface area contributed by atoms with E-state index in [0.717, 1.165) is 12.3 Å². The maximum Gasteiger partial charge on any atom is 0.0640 e. The van der Waals surface area contributed by atoms with Crippen LogP contribution in [-0.2, 0) is 6.42 Å². The van der Waals surface area contributed by atoms with E-state index in [1.807, 2.05) is 0 Å². The lowest BCUT2D eigenvalue weighted by atomic mass is 9.93. The van der Waals surface area contributed by atoms with Crippen LogP contribution in [0.15, 0.2) is 12.3 Å². The van der Waals surface area contributed by atoms with E-state index in [4.69, 9.17) is 10.9 Å². The summed E-state index contributed by atoms with van der Waals surface area (Å²) in [5.74, 6) is 7.26. The zero-order valence-electron chi connectivity index (χ0n) is 11.9. The third-order valence-corrected chi connectivity index (χ3v) is 5.01. The number of hydrogen-bond acceptors (Lipinski definition) is 3. The second-order valence-corrected chi connectivity index (χ2v) is 6.40. The van der Waals surface area contributed by atoms with Gasteiger partial charge < -0.3 is 0 Å². The second-order valence-electron chi connectivity index (χ2n) is 6.40. The van der Waals surface area contributed by atoms with E-state index in [9.17, 15) is 0 Å². The normalized spacial score (nSPS) is 23.7. The highest BCUT2D eigenvalue weighted by atomic mass is 15.3. The smallest absolute Gasteiger partial charge is 0.0640 e. The average molecular weight is 262 g/mol. The lowest BCUT2D eigenvalue weighted by Gasteiger charge is -2.22. The van der Waals surface area contributed by atoms with E-state index >= 15 is 0 Å². The Morgan fingerprint density at radius 2 is 2.11 bits per heavy atom. The Hall–Kier alpha value is -0.870. The van der Waals surface area contributed by atoms with Crippen LogP contribution >= 0.6 is 0 Å². The first-order valence-corrected chi connectivity index (χ1v) is 7.78. The van der Waals surface area contributed by atoms with E-state index in [1.54, 1.807) is 0 Å². The van der Waals surface area contributed by atoms with E-state index in [2.05, 4.69) is 29.3 Å². The third-order valence-electron chi connectivity index (χ3n) is 5.01. The topological polar surface area (TPSA) is 55.9 Å². The number of aromatic nitrogens is 2. The summed E-state index contributed by atoms with van der Waals surface area (Å²) >= 11 is 0. The number of nitrogens with zero attached hydrogens (tertiary/aromatic N) is 2. The highest BCUT2D eigenvalue weighted by Crippen LogP contribution is 2.38. The van der Waals surface area contributed by atoms with Crippen LogP contribution in [0.2, 0.25) is 0 Å². The predicted octanol–water partition coefficient (Wildman–Crippen LogP) is 2.42. The third kappa shape index (κ3) is 3.00. The number of nitrogens with two attached hydrogens (primary N) is 1. The van der Waals surface area contributed by atoms with Crippen molar-refractivity contribution < 1.29 is 0 Å². The fourth-order valence-electron chi connectivity index (χ4n) is 3.43. The van der Waals surface area contributed by atoms with Crippen LogP contribution in [0, 0.1) is 11.8 Å². The fourth-order valence-corrected chi connectivity index (χ4v) is 3.43. The molecule has 0 amide bonds. The molecule has 2 aliphatic rings. The molecule has 0 spiro atoms. The van der Waals surface area contributed by atoms with Gasteiger partial charge in [-0.2, -0.15) is 5.10 Å². The molecule has 1 aromatic heterocycles. The minimum absolute atomic E-state index is 0.361. The molecule has 3 N–H and O–H groups in total. The Morgan fingerprint density at radius 3 is 2.74 bits per heavy atom. The Bertz CT molecular complexity index is 404. The molecule has 0 bridgehead atoms. The van der Waals surface area contributed by atoms with Crippen LogP contribution in [0.25, 0.3) is 0 Å². The van der Waals surface area contributed by atoms with Crippen LogP contribution in [0.3, 0.4) is 0 Å². The largest absolute Gasteiger partial charge is 0.271 e. The van der Waals surface area contributed by atoms with Crippen molar-refractivity contribution in [2.75, 3.05) is 0 Å². The molecule has 0 aliphatic heterocycles. The SMILES string of the molecule is CC(C1CC1)C(Cc1ccn(C2CCCC2)n1)NN. The van der Waals surface area contributed by atoms with E-state index in [0.29, 0.717) is 18.0 Å². The molecule has 1 heterocycles. The number of hydrogen-bond donors (Lipinski definition) is 2. The van der Waals surface area contributed by atoms with Gasteiger partial charge in [0.25, 0.3) is 0 Å². The summed E-state index contributed by atoms with van der Waals surface area (Å²) in [4.78, 5) is 0. The molecule has 2 fully saturated rings. The van der Waals surface area contributed by atoms with Crippen molar-refractivity contribution >= 4 is 0 Å². The van der Waals surface area contributed by atoms with E-state index in [1.165, 1.54) is 44.2 Å². The summed E-state index contributed by atoms with van der Waals surface area (Å²) in [7, 11) is 0. The molecule has 2 aliphatic carbocycles. The first-order chi connectivity index (χ1) is 9.28. The highest BCUT2D eigenvalue weighted by molar-refractivity contribution is 5.04. The monoisotopic (exact) mass is 262 g/mol. The zero-order chi connectivity index (χ0) is 13.2. The van der Waals surface area contributed by atoms with Crippen molar-refractivity contribution in [1.82, 2.24) is 15.2 Å². The minimum atomic E-state index is 0.361. The fraction of sp³-hybridized carbons (Fsp3) is 0.800. The van der Waals surface area contributed by atoms with Gasteiger partial charge in [0.05, 0.1) is 11.7 Å². The van der Waals surface area contributed by atoms with Crippen LogP contribution < -0.4 is 11.3 Å². The van der Waals surface area contributed by atoms with Gasteiger partial charge in [0.1, 0.15) is 0 Å². The molecule has 19 heavy (non-hydrogen) atoms. The Kier molecular flexibility index (Phi) is 3.89. The predicted molar refractivity (Wildman–Crippen MR) is 76.4 cm³/mol. The molecular formula is C15H26N4. The first kappa shape index (κ1) is 13.1. The summed E-state index contributed by atoms with van der Waals surface area (Å²) in [6.45, 7) is 2.32. The van der Waals surface area contributed by atoms with Gasteiger partial charge in [0.2, 0.25) is 0 Å². The first-order valence-electron chi connectivity index (χ1n) is 7.78. The molecule has 2 saturated carbocycles. The van der Waals surface area contributed by atoms with Gasteiger partial charge in [0.15, 0.2) is 0 Å². The summed E-state index contributed by atoms with van der Waals surface area (Å²) < 4.78 is 2.18. The van der Waals surface area contributed by atoms with Gasteiger partial charge >= 0.3 is 0 Å². The quantitative estimate of drug-likeness (QED) is 0.611. The van der Waals surface area contributed by atoms with Gasteiger partial charge in [-0.15, -0.1) is 0 Å². The molecule has 4 nitrogen and oxygen atoms in total. The Morgan fingerprint density at radius 1 is 1.37 bits per heavy atom. The molecule has 106 valence electrons. The van der Waals surface area contributed by atoms with Crippen LogP contribution in [0.1, 0.15) is 57.2 Å². The van der Waals surface area contributed by atoms with Crippen molar-refractivity contribution in [2.24, 2.45) is 17.7 Å². The maximum atomic E-state index is 5.73. The Balaban J connectivity index is 1.61. The van der Waals surface area contributed by atoms with Crippen molar-refractivity contribution in [3.63, 3.8) is 0 Å². The number of rotatable bonds is 6. The molecule has 3 rings (SSSR count). The highest BCUT2D eigenvalue weighted by Gasteiger charge is 2.33. The van der Waals surface area contributed by atoms with E-state index in [-0.39, 0.29) is 0 Å². The summed E-state index contributed by atoms with van der Waals surface area (Å²) in [5.41, 5.74) is 4.18. The van der Waals surface area contributed by atoms with Crippen molar-refractivity contribution in [3.8, 4) is 0 Å². The lowest BCUT2D eigenvalue weighted by molar-refractivity contribution is 0.339. The maximum absolute atomic E-state index is 5.73. The summed E-state index contributed by atoms with van der Waals surface area (Å²) in [6, 6.07) is 3.17.